The summed E-state index contributed by atoms with van der Waals surface area (Å²) in [4.78, 5) is 29.8. The molecular formula is C26H39N3O3. The summed E-state index contributed by atoms with van der Waals surface area (Å²) in [6.07, 6.45) is 8.22. The van der Waals surface area contributed by atoms with Gasteiger partial charge in [0.2, 0.25) is 5.91 Å². The predicted octanol–water partition coefficient (Wildman–Crippen LogP) is 4.13. The summed E-state index contributed by atoms with van der Waals surface area (Å²) in [7, 11) is 0. The topological polar surface area (TPSA) is 61.9 Å². The molecule has 32 heavy (non-hydrogen) atoms. The van der Waals surface area contributed by atoms with Gasteiger partial charge in [0.05, 0.1) is 5.60 Å². The molecule has 3 fully saturated rings. The number of hydrogen-bond acceptors (Lipinski definition) is 3. The smallest absolute Gasteiger partial charge is 0.318 e. The summed E-state index contributed by atoms with van der Waals surface area (Å²) in [6, 6.07) is 11.2. The zero-order chi connectivity index (χ0) is 22.6. The SMILES string of the molecule is CC(C)NC(=O)N(C1CC1)C1CCOC2(CCN(C(=O)CCCc3ccccc3)CC2)C1. The van der Waals surface area contributed by atoms with E-state index in [0.717, 1.165) is 64.5 Å². The maximum atomic E-state index is 12.9. The first-order chi connectivity index (χ1) is 15.5. The number of hydrogen-bond donors (Lipinski definition) is 1. The van der Waals surface area contributed by atoms with Crippen molar-refractivity contribution in [3.05, 3.63) is 35.9 Å². The molecule has 2 saturated heterocycles. The van der Waals surface area contributed by atoms with Gasteiger partial charge in [-0.15, -0.1) is 0 Å². The van der Waals surface area contributed by atoms with E-state index >= 15 is 0 Å². The molecule has 1 N–H and O–H groups in total. The van der Waals surface area contributed by atoms with Crippen LogP contribution < -0.4 is 5.32 Å². The third kappa shape index (κ3) is 5.83. The first-order valence-corrected chi connectivity index (χ1v) is 12.5. The van der Waals surface area contributed by atoms with Crippen LogP contribution in [0.25, 0.3) is 0 Å². The fourth-order valence-electron chi connectivity index (χ4n) is 5.30. The number of carbonyl (C=O) groups excluding carboxylic acids is 2. The summed E-state index contributed by atoms with van der Waals surface area (Å²) in [5, 5.41) is 3.10. The van der Waals surface area contributed by atoms with Crippen molar-refractivity contribution in [3.63, 3.8) is 0 Å². The van der Waals surface area contributed by atoms with E-state index in [9.17, 15) is 9.59 Å². The minimum atomic E-state index is -0.186. The van der Waals surface area contributed by atoms with E-state index in [4.69, 9.17) is 4.74 Å². The third-order valence-corrected chi connectivity index (χ3v) is 7.17. The Balaban J connectivity index is 1.27. The van der Waals surface area contributed by atoms with Crippen molar-refractivity contribution in [1.82, 2.24) is 15.1 Å². The van der Waals surface area contributed by atoms with Crippen LogP contribution in [0, 0.1) is 0 Å². The van der Waals surface area contributed by atoms with E-state index in [-0.39, 0.29) is 29.6 Å². The normalized spacial score (nSPS) is 22.7. The minimum absolute atomic E-state index is 0.0792. The lowest BCUT2D eigenvalue weighted by Gasteiger charge is -2.48. The van der Waals surface area contributed by atoms with Crippen LogP contribution in [0.5, 0.6) is 0 Å². The molecule has 6 heteroatoms. The summed E-state index contributed by atoms with van der Waals surface area (Å²) >= 11 is 0. The quantitative estimate of drug-likeness (QED) is 0.692. The van der Waals surface area contributed by atoms with Gasteiger partial charge in [-0.05, 0) is 70.8 Å². The lowest BCUT2D eigenvalue weighted by atomic mass is 9.81. The number of benzene rings is 1. The van der Waals surface area contributed by atoms with Crippen LogP contribution in [0.4, 0.5) is 4.79 Å². The zero-order valence-corrected chi connectivity index (χ0v) is 19.7. The number of rotatable bonds is 7. The Labute approximate surface area is 192 Å². The molecular weight excluding hydrogens is 402 g/mol. The van der Waals surface area contributed by atoms with E-state index in [1.54, 1.807) is 0 Å². The summed E-state index contributed by atoms with van der Waals surface area (Å²) < 4.78 is 6.32. The van der Waals surface area contributed by atoms with Gasteiger partial charge in [0.1, 0.15) is 0 Å². The molecule has 176 valence electrons. The molecule has 6 nitrogen and oxygen atoms in total. The van der Waals surface area contributed by atoms with Gasteiger partial charge >= 0.3 is 6.03 Å². The van der Waals surface area contributed by atoms with E-state index in [2.05, 4.69) is 34.5 Å². The monoisotopic (exact) mass is 441 g/mol. The zero-order valence-electron chi connectivity index (χ0n) is 19.7. The van der Waals surface area contributed by atoms with Crippen molar-refractivity contribution < 1.29 is 14.3 Å². The Hall–Kier alpha value is -2.08. The molecule has 1 aromatic rings. The molecule has 0 radical (unpaired) electrons. The Bertz CT molecular complexity index is 770. The van der Waals surface area contributed by atoms with Gasteiger partial charge in [-0.2, -0.15) is 0 Å². The molecule has 3 aliphatic rings. The van der Waals surface area contributed by atoms with Crippen LogP contribution in [0.2, 0.25) is 0 Å². The number of nitrogens with one attached hydrogen (secondary N) is 1. The van der Waals surface area contributed by atoms with Crippen molar-refractivity contribution in [3.8, 4) is 0 Å². The Morgan fingerprint density at radius 3 is 2.50 bits per heavy atom. The van der Waals surface area contributed by atoms with Gasteiger partial charge in [-0.1, -0.05) is 30.3 Å². The molecule has 1 atom stereocenters. The predicted molar refractivity (Wildman–Crippen MR) is 125 cm³/mol. The van der Waals surface area contributed by atoms with Crippen LogP contribution in [0.1, 0.15) is 70.8 Å². The number of urea groups is 1. The molecule has 1 spiro atoms. The Morgan fingerprint density at radius 2 is 1.84 bits per heavy atom. The van der Waals surface area contributed by atoms with Gasteiger partial charge in [-0.3, -0.25) is 4.79 Å². The molecule has 3 amide bonds. The second-order valence-corrected chi connectivity index (χ2v) is 10.1. The highest BCUT2D eigenvalue weighted by Gasteiger charge is 2.46. The molecule has 2 aliphatic heterocycles. The van der Waals surface area contributed by atoms with Crippen molar-refractivity contribution >= 4 is 11.9 Å². The number of ether oxygens (including phenoxy) is 1. The molecule has 1 unspecified atom stereocenters. The second kappa shape index (κ2) is 10.2. The lowest BCUT2D eigenvalue weighted by molar-refractivity contribution is -0.147. The highest BCUT2D eigenvalue weighted by molar-refractivity contribution is 5.76. The molecule has 1 aromatic carbocycles. The maximum absolute atomic E-state index is 12.9. The van der Waals surface area contributed by atoms with Crippen molar-refractivity contribution in [2.24, 2.45) is 0 Å². The number of carbonyl (C=O) groups is 2. The van der Waals surface area contributed by atoms with E-state index in [1.807, 2.05) is 24.8 Å². The summed E-state index contributed by atoms with van der Waals surface area (Å²) in [5.41, 5.74) is 1.11. The fraction of sp³-hybridized carbons (Fsp3) is 0.692. The highest BCUT2D eigenvalue weighted by atomic mass is 16.5. The molecule has 4 rings (SSSR count). The minimum Gasteiger partial charge on any atom is -0.375 e. The molecule has 0 aromatic heterocycles. The first kappa shape index (κ1) is 23.1. The molecule has 1 saturated carbocycles. The van der Waals surface area contributed by atoms with Gasteiger partial charge in [0.15, 0.2) is 0 Å². The molecule has 0 bridgehead atoms. The van der Waals surface area contributed by atoms with Gasteiger partial charge in [-0.25, -0.2) is 4.79 Å². The third-order valence-electron chi connectivity index (χ3n) is 7.17. The van der Waals surface area contributed by atoms with Gasteiger partial charge in [0, 0.05) is 44.2 Å². The van der Waals surface area contributed by atoms with Gasteiger partial charge < -0.3 is 19.9 Å². The van der Waals surface area contributed by atoms with Crippen LogP contribution in [0.3, 0.4) is 0 Å². The number of amides is 3. The van der Waals surface area contributed by atoms with Crippen molar-refractivity contribution in [2.75, 3.05) is 19.7 Å². The lowest BCUT2D eigenvalue weighted by Crippen LogP contribution is -2.57. The van der Waals surface area contributed by atoms with Crippen molar-refractivity contribution in [2.45, 2.75) is 95.4 Å². The van der Waals surface area contributed by atoms with Crippen LogP contribution in [-0.2, 0) is 16.0 Å². The molecule has 2 heterocycles. The van der Waals surface area contributed by atoms with E-state index in [0.29, 0.717) is 19.1 Å². The van der Waals surface area contributed by atoms with E-state index in [1.165, 1.54) is 5.56 Å². The van der Waals surface area contributed by atoms with E-state index < -0.39 is 0 Å². The fourth-order valence-corrected chi connectivity index (χ4v) is 5.30. The highest BCUT2D eigenvalue weighted by Crippen LogP contribution is 2.40. The number of piperidine rings is 1. The van der Waals surface area contributed by atoms with Crippen LogP contribution in [-0.4, -0.2) is 65.2 Å². The van der Waals surface area contributed by atoms with Crippen molar-refractivity contribution in [1.29, 1.82) is 0 Å². The average molecular weight is 442 g/mol. The summed E-state index contributed by atoms with van der Waals surface area (Å²) in [6.45, 7) is 6.26. The standard InChI is InChI=1S/C26H39N3O3/c1-20(2)27-25(31)29(22-11-12-22)23-13-18-32-26(19-23)14-16-28(17-15-26)24(30)10-6-9-21-7-4-3-5-8-21/h3-5,7-8,20,22-23H,6,9-19H2,1-2H3,(H,27,31). The number of likely N-dealkylation sites (tertiary alicyclic amines) is 1. The molecule has 1 aliphatic carbocycles. The summed E-state index contributed by atoms with van der Waals surface area (Å²) in [5.74, 6) is 0.263. The first-order valence-electron chi connectivity index (χ1n) is 12.5. The van der Waals surface area contributed by atoms with Gasteiger partial charge in [0.25, 0.3) is 0 Å². The Kier molecular flexibility index (Phi) is 7.39. The number of nitrogens with zero attached hydrogens (tertiary/aromatic N) is 2. The second-order valence-electron chi connectivity index (χ2n) is 10.1. The maximum Gasteiger partial charge on any atom is 0.318 e. The van der Waals surface area contributed by atoms with Crippen LogP contribution in [0.15, 0.2) is 30.3 Å². The number of aryl methyl sites for hydroxylation is 1. The average Bonchev–Trinajstić information content (AvgIpc) is 3.60. The largest absolute Gasteiger partial charge is 0.375 e. The Morgan fingerprint density at radius 1 is 1.12 bits per heavy atom. The van der Waals surface area contributed by atoms with Crippen LogP contribution >= 0.6 is 0 Å².